The van der Waals surface area contributed by atoms with Gasteiger partial charge < -0.3 is 21.0 Å². The first-order valence-electron chi connectivity index (χ1n) is 8.99. The number of fused-ring (bicyclic) bond motifs is 1. The molecule has 0 fully saturated rings. The van der Waals surface area contributed by atoms with Crippen molar-refractivity contribution in [3.8, 4) is 0 Å². The van der Waals surface area contributed by atoms with Crippen molar-refractivity contribution in [1.82, 2.24) is 0 Å². The lowest BCUT2D eigenvalue weighted by Gasteiger charge is -2.37. The third-order valence-corrected chi connectivity index (χ3v) is 6.70. The zero-order valence-corrected chi connectivity index (χ0v) is 17.5. The van der Waals surface area contributed by atoms with E-state index in [0.717, 1.165) is 15.6 Å². The molecule has 2 aromatic carbocycles. The SMILES string of the molecule is Cc1ccccc1NC(=O)Cc1csc2[n+]1C(=O)C(=Cc1cccc(N([O-])[O-])c1)S2. The van der Waals surface area contributed by atoms with Gasteiger partial charge in [0.2, 0.25) is 11.6 Å². The number of aromatic nitrogens is 1. The number of carbonyl (C=O) groups excluding carboxylic acids is 2. The van der Waals surface area contributed by atoms with Crippen LogP contribution in [0.5, 0.6) is 0 Å². The van der Waals surface area contributed by atoms with Crippen LogP contribution < -0.4 is 15.1 Å². The molecule has 0 radical (unpaired) electrons. The number of para-hydroxylation sites is 1. The molecule has 0 spiro atoms. The summed E-state index contributed by atoms with van der Waals surface area (Å²) in [5.41, 5.74) is 2.86. The normalized spacial score (nSPS) is 14.1. The molecule has 7 nitrogen and oxygen atoms in total. The number of carbonyl (C=O) groups is 2. The van der Waals surface area contributed by atoms with E-state index in [1.807, 2.05) is 36.6 Å². The molecule has 1 N–H and O–H groups in total. The van der Waals surface area contributed by atoms with E-state index in [0.29, 0.717) is 16.2 Å². The fourth-order valence-electron chi connectivity index (χ4n) is 3.04. The zero-order valence-electron chi connectivity index (χ0n) is 15.8. The van der Waals surface area contributed by atoms with Crippen molar-refractivity contribution in [3.63, 3.8) is 0 Å². The minimum Gasteiger partial charge on any atom is -0.769 e. The summed E-state index contributed by atoms with van der Waals surface area (Å²) in [7, 11) is 0. The van der Waals surface area contributed by atoms with Crippen molar-refractivity contribution in [2.24, 2.45) is 0 Å². The number of hydrogen-bond donors (Lipinski definition) is 1. The van der Waals surface area contributed by atoms with Crippen LogP contribution in [-0.4, -0.2) is 11.8 Å². The number of rotatable bonds is 5. The predicted molar refractivity (Wildman–Crippen MR) is 118 cm³/mol. The fourth-order valence-corrected chi connectivity index (χ4v) is 5.23. The number of allylic oxidation sites excluding steroid dienone is 1. The lowest BCUT2D eigenvalue weighted by molar-refractivity contribution is -0.607. The first-order valence-corrected chi connectivity index (χ1v) is 10.7. The van der Waals surface area contributed by atoms with E-state index in [1.165, 1.54) is 39.8 Å². The zero-order chi connectivity index (χ0) is 21.3. The van der Waals surface area contributed by atoms with Gasteiger partial charge in [0.05, 0.1) is 5.38 Å². The Hall–Kier alpha value is -2.98. The standard InChI is InChI=1S/C21H16N3O4S2/c1-13-5-2-3-8-17(13)22-19(25)11-16-12-29-21-23(16)20(26)18(30-21)10-14-6-4-7-15(9-14)24(27)28/h2-10,12H,11H2,1H3,(H,22,25)/q-1. The van der Waals surface area contributed by atoms with E-state index >= 15 is 0 Å². The number of aryl methyl sites for hydroxylation is 1. The van der Waals surface area contributed by atoms with Crippen molar-refractivity contribution in [2.45, 2.75) is 17.7 Å². The summed E-state index contributed by atoms with van der Waals surface area (Å²) < 4.78 is 2.30. The summed E-state index contributed by atoms with van der Waals surface area (Å²) in [6.07, 6.45) is 1.71. The Morgan fingerprint density at radius 3 is 2.77 bits per heavy atom. The van der Waals surface area contributed by atoms with E-state index in [-0.39, 0.29) is 23.9 Å². The van der Waals surface area contributed by atoms with Gasteiger partial charge in [0, 0.05) is 23.1 Å². The molecule has 152 valence electrons. The molecule has 9 heteroatoms. The maximum atomic E-state index is 12.9. The largest absolute Gasteiger partial charge is 0.769 e. The van der Waals surface area contributed by atoms with Crippen LogP contribution in [0, 0.1) is 17.3 Å². The molecule has 1 aromatic heterocycles. The van der Waals surface area contributed by atoms with Gasteiger partial charge in [-0.1, -0.05) is 41.7 Å². The molecule has 0 atom stereocenters. The van der Waals surface area contributed by atoms with E-state index in [1.54, 1.807) is 18.2 Å². The molecule has 0 bridgehead atoms. The summed E-state index contributed by atoms with van der Waals surface area (Å²) in [5.74, 6) is -0.437. The first-order chi connectivity index (χ1) is 14.4. The molecule has 2 heterocycles. The molecule has 1 aliphatic heterocycles. The van der Waals surface area contributed by atoms with Crippen LogP contribution in [0.3, 0.4) is 0 Å². The third-order valence-electron chi connectivity index (χ3n) is 4.52. The Bertz CT molecular complexity index is 1170. The van der Waals surface area contributed by atoms with Crippen LogP contribution in [0.25, 0.3) is 6.08 Å². The summed E-state index contributed by atoms with van der Waals surface area (Å²) in [4.78, 5) is 25.9. The van der Waals surface area contributed by atoms with Crippen molar-refractivity contribution >= 4 is 52.4 Å². The second kappa shape index (κ2) is 8.41. The Balaban J connectivity index is 1.52. The van der Waals surface area contributed by atoms with Gasteiger partial charge in [-0.2, -0.15) is 0 Å². The van der Waals surface area contributed by atoms with E-state index < -0.39 is 5.23 Å². The van der Waals surface area contributed by atoms with E-state index in [9.17, 15) is 20.0 Å². The monoisotopic (exact) mass is 438 g/mol. The third kappa shape index (κ3) is 4.14. The van der Waals surface area contributed by atoms with Gasteiger partial charge >= 0.3 is 10.2 Å². The average molecular weight is 439 g/mol. The van der Waals surface area contributed by atoms with Crippen LogP contribution >= 0.6 is 23.1 Å². The molecular formula is C21H16N3O4S2-. The van der Waals surface area contributed by atoms with Crippen molar-refractivity contribution in [1.29, 1.82) is 0 Å². The number of hydrogen-bond acceptors (Lipinski definition) is 7. The summed E-state index contributed by atoms with van der Waals surface area (Å²) in [5, 5.41) is 26.1. The van der Waals surface area contributed by atoms with Crippen molar-refractivity contribution in [2.75, 3.05) is 10.5 Å². The van der Waals surface area contributed by atoms with Gasteiger partial charge in [-0.25, -0.2) is 4.79 Å². The van der Waals surface area contributed by atoms with Gasteiger partial charge in [0.1, 0.15) is 11.3 Å². The lowest BCUT2D eigenvalue weighted by atomic mass is 10.2. The number of anilines is 2. The number of amides is 1. The number of thioether (sulfide) groups is 1. The highest BCUT2D eigenvalue weighted by Gasteiger charge is 2.40. The maximum Gasteiger partial charge on any atom is 0.433 e. The average Bonchev–Trinajstić information content (AvgIpc) is 3.24. The van der Waals surface area contributed by atoms with E-state index in [2.05, 4.69) is 5.32 Å². The summed E-state index contributed by atoms with van der Waals surface area (Å²) in [6, 6.07) is 13.6. The minimum atomic E-state index is -0.470. The smallest absolute Gasteiger partial charge is 0.433 e. The fraction of sp³-hybridized carbons (Fsp3) is 0.0952. The molecule has 1 aliphatic rings. The van der Waals surface area contributed by atoms with E-state index in [4.69, 9.17) is 0 Å². The minimum absolute atomic E-state index is 0.0317. The van der Waals surface area contributed by atoms with Crippen LogP contribution in [0.2, 0.25) is 0 Å². The van der Waals surface area contributed by atoms with Crippen LogP contribution in [0.15, 0.2) is 63.2 Å². The summed E-state index contributed by atoms with van der Waals surface area (Å²) >= 11 is 2.69. The second-order valence-electron chi connectivity index (χ2n) is 6.64. The molecule has 3 aromatic rings. The highest BCUT2D eigenvalue weighted by atomic mass is 32.2. The molecule has 0 saturated carbocycles. The Kier molecular flexibility index (Phi) is 5.69. The number of benzene rings is 2. The molecular weight excluding hydrogens is 422 g/mol. The summed E-state index contributed by atoms with van der Waals surface area (Å²) in [6.45, 7) is 1.91. The second-order valence-corrected chi connectivity index (χ2v) is 8.78. The Labute approximate surface area is 180 Å². The van der Waals surface area contributed by atoms with Gasteiger partial charge in [0.15, 0.2) is 0 Å². The Morgan fingerprint density at radius 2 is 2.00 bits per heavy atom. The highest BCUT2D eigenvalue weighted by Crippen LogP contribution is 2.36. The molecule has 0 unspecified atom stereocenters. The number of nitrogens with one attached hydrogen (secondary N) is 1. The Morgan fingerprint density at radius 1 is 1.20 bits per heavy atom. The predicted octanol–water partition coefficient (Wildman–Crippen LogP) is 4.11. The van der Waals surface area contributed by atoms with Gasteiger partial charge in [-0.3, -0.25) is 4.79 Å². The molecule has 1 amide bonds. The lowest BCUT2D eigenvalue weighted by Crippen LogP contribution is -2.43. The van der Waals surface area contributed by atoms with Gasteiger partial charge in [-0.15, -0.1) is 4.57 Å². The van der Waals surface area contributed by atoms with Gasteiger partial charge in [-0.05, 0) is 42.3 Å². The topological polar surface area (TPSA) is 99.4 Å². The maximum absolute atomic E-state index is 12.9. The molecule has 0 saturated heterocycles. The highest BCUT2D eigenvalue weighted by molar-refractivity contribution is 8.05. The first kappa shape index (κ1) is 20.3. The molecule has 4 rings (SSSR count). The number of thiazole rings is 1. The van der Waals surface area contributed by atoms with Crippen LogP contribution in [0.1, 0.15) is 21.6 Å². The van der Waals surface area contributed by atoms with Crippen molar-refractivity contribution < 1.29 is 14.2 Å². The quantitative estimate of drug-likeness (QED) is 0.366. The van der Waals surface area contributed by atoms with Crippen LogP contribution in [0.4, 0.5) is 11.4 Å². The molecule has 30 heavy (non-hydrogen) atoms. The van der Waals surface area contributed by atoms with Crippen molar-refractivity contribution in [3.05, 3.63) is 86.1 Å². The number of nitrogens with zero attached hydrogens (tertiary/aromatic N) is 2. The van der Waals surface area contributed by atoms with Gasteiger partial charge in [0.25, 0.3) is 0 Å². The van der Waals surface area contributed by atoms with Crippen LogP contribution in [-0.2, 0) is 11.2 Å². The molecule has 0 aliphatic carbocycles.